The van der Waals surface area contributed by atoms with Gasteiger partial charge in [0.25, 0.3) is 5.91 Å². The predicted molar refractivity (Wildman–Crippen MR) is 131 cm³/mol. The topological polar surface area (TPSA) is 57.7 Å². The number of anilines is 1. The van der Waals surface area contributed by atoms with Gasteiger partial charge in [-0.1, -0.05) is 53.6 Å². The van der Waals surface area contributed by atoms with E-state index in [9.17, 15) is 14.4 Å². The van der Waals surface area contributed by atoms with E-state index in [1.807, 2.05) is 32.0 Å². The van der Waals surface area contributed by atoms with E-state index in [4.69, 9.17) is 23.2 Å². The van der Waals surface area contributed by atoms with Crippen LogP contribution >= 0.6 is 23.2 Å². The molecule has 6 unspecified atom stereocenters. The largest absolute Gasteiger partial charge is 0.289 e. The van der Waals surface area contributed by atoms with Crippen molar-refractivity contribution in [2.75, 3.05) is 11.6 Å². The van der Waals surface area contributed by atoms with E-state index in [1.54, 1.807) is 12.1 Å². The van der Waals surface area contributed by atoms with Crippen LogP contribution in [0.5, 0.6) is 0 Å². The molecule has 0 aromatic heterocycles. The number of hydrogen-bond acceptors (Lipinski definition) is 3. The van der Waals surface area contributed by atoms with Crippen molar-refractivity contribution in [1.82, 2.24) is 4.90 Å². The first-order valence-corrected chi connectivity index (χ1v) is 12.4. The minimum Gasteiger partial charge on any atom is -0.289 e. The number of halogens is 2. The number of imide groups is 1. The molecule has 7 heteroatoms. The van der Waals surface area contributed by atoms with Crippen LogP contribution in [0.3, 0.4) is 0 Å². The van der Waals surface area contributed by atoms with Crippen molar-refractivity contribution in [3.63, 3.8) is 0 Å². The average Bonchev–Trinajstić information content (AvgIpc) is 3.60. The highest BCUT2D eigenvalue weighted by Gasteiger charge is 2.67. The second-order valence-corrected chi connectivity index (χ2v) is 10.8. The third kappa shape index (κ3) is 3.10. The van der Waals surface area contributed by atoms with Crippen molar-refractivity contribution < 1.29 is 14.4 Å². The Bertz CT molecular complexity index is 1230. The second-order valence-electron chi connectivity index (χ2n) is 10.0. The van der Waals surface area contributed by atoms with Crippen LogP contribution in [0.25, 0.3) is 0 Å². The molecule has 2 aromatic carbocycles. The summed E-state index contributed by atoms with van der Waals surface area (Å²) >= 11 is 12.3. The Morgan fingerprint density at radius 1 is 0.941 bits per heavy atom. The van der Waals surface area contributed by atoms with E-state index in [-0.39, 0.29) is 53.1 Å². The Balaban J connectivity index is 1.38. The van der Waals surface area contributed by atoms with Crippen LogP contribution in [0.4, 0.5) is 5.69 Å². The minimum absolute atomic E-state index is 0.121. The van der Waals surface area contributed by atoms with Gasteiger partial charge in [-0.3, -0.25) is 24.2 Å². The van der Waals surface area contributed by atoms with Gasteiger partial charge in [0.1, 0.15) is 6.67 Å². The van der Waals surface area contributed by atoms with Crippen LogP contribution < -0.4 is 4.90 Å². The molecule has 2 bridgehead atoms. The molecule has 2 saturated carbocycles. The Labute approximate surface area is 208 Å². The molecule has 1 saturated heterocycles. The molecule has 1 heterocycles. The highest BCUT2D eigenvalue weighted by molar-refractivity contribution is 6.42. The molecular formula is C27H24Cl2N2O3. The summed E-state index contributed by atoms with van der Waals surface area (Å²) in [5, 5.41) is 0.627. The molecule has 6 atom stereocenters. The van der Waals surface area contributed by atoms with E-state index in [2.05, 4.69) is 12.2 Å². The quantitative estimate of drug-likeness (QED) is 0.429. The van der Waals surface area contributed by atoms with Crippen molar-refractivity contribution in [1.29, 1.82) is 0 Å². The average molecular weight is 495 g/mol. The van der Waals surface area contributed by atoms with Gasteiger partial charge < -0.3 is 0 Å². The normalized spacial score (nSPS) is 30.4. The number of amides is 3. The second kappa shape index (κ2) is 7.69. The number of hydrogen-bond donors (Lipinski definition) is 0. The summed E-state index contributed by atoms with van der Waals surface area (Å²) in [5.41, 5.74) is 2.80. The molecule has 3 fully saturated rings. The third-order valence-electron chi connectivity index (χ3n) is 8.16. The summed E-state index contributed by atoms with van der Waals surface area (Å²) < 4.78 is 0. The number of carbonyl (C=O) groups is 3. The smallest absolute Gasteiger partial charge is 0.259 e. The summed E-state index contributed by atoms with van der Waals surface area (Å²) in [6.07, 6.45) is 5.41. The SMILES string of the molecule is Cc1cccc(C)c1N(CN1C(=O)C2C3C=CC(C4CC34)C2C1=O)C(=O)c1ccc(Cl)c(Cl)c1. The molecule has 2 aromatic rings. The van der Waals surface area contributed by atoms with E-state index >= 15 is 0 Å². The molecule has 3 amide bonds. The lowest BCUT2D eigenvalue weighted by molar-refractivity contribution is -0.140. The van der Waals surface area contributed by atoms with Gasteiger partial charge in [0.2, 0.25) is 11.8 Å². The van der Waals surface area contributed by atoms with E-state index < -0.39 is 0 Å². The first kappa shape index (κ1) is 21.9. The molecule has 0 N–H and O–H groups in total. The van der Waals surface area contributed by atoms with Gasteiger partial charge in [-0.25, -0.2) is 0 Å². The van der Waals surface area contributed by atoms with Crippen LogP contribution in [-0.2, 0) is 9.59 Å². The van der Waals surface area contributed by atoms with Gasteiger partial charge in [0, 0.05) is 5.56 Å². The Morgan fingerprint density at radius 3 is 2.09 bits per heavy atom. The zero-order valence-corrected chi connectivity index (χ0v) is 20.4. The molecule has 1 aliphatic heterocycles. The Kier molecular flexibility index (Phi) is 4.95. The lowest BCUT2D eigenvalue weighted by atomic mass is 9.63. The summed E-state index contributed by atoms with van der Waals surface area (Å²) in [5.74, 6) is 0.0891. The Morgan fingerprint density at radius 2 is 1.53 bits per heavy atom. The first-order chi connectivity index (χ1) is 16.3. The highest BCUT2D eigenvalue weighted by Crippen LogP contribution is 2.65. The Hall–Kier alpha value is -2.63. The summed E-state index contributed by atoms with van der Waals surface area (Å²) in [7, 11) is 0. The van der Waals surface area contributed by atoms with Gasteiger partial charge in [0.05, 0.1) is 27.6 Å². The fraction of sp³-hybridized carbons (Fsp3) is 0.370. The highest BCUT2D eigenvalue weighted by atomic mass is 35.5. The van der Waals surface area contributed by atoms with Crippen LogP contribution in [-0.4, -0.2) is 29.3 Å². The molecule has 5 nitrogen and oxygen atoms in total. The van der Waals surface area contributed by atoms with Gasteiger partial charge in [-0.15, -0.1) is 0 Å². The van der Waals surface area contributed by atoms with Gasteiger partial charge in [0.15, 0.2) is 0 Å². The molecule has 0 spiro atoms. The zero-order valence-electron chi connectivity index (χ0n) is 18.9. The van der Waals surface area contributed by atoms with Gasteiger partial charge in [-0.2, -0.15) is 0 Å². The lowest BCUT2D eigenvalue weighted by Gasteiger charge is -2.37. The van der Waals surface area contributed by atoms with Crippen LogP contribution in [0, 0.1) is 49.4 Å². The third-order valence-corrected chi connectivity index (χ3v) is 8.90. The molecular weight excluding hydrogens is 471 g/mol. The van der Waals surface area contributed by atoms with Gasteiger partial charge in [-0.05, 0) is 73.3 Å². The van der Waals surface area contributed by atoms with E-state index in [0.717, 1.165) is 17.5 Å². The summed E-state index contributed by atoms with van der Waals surface area (Å²) in [4.78, 5) is 43.8. The molecule has 4 aliphatic carbocycles. The molecule has 5 aliphatic rings. The van der Waals surface area contributed by atoms with Crippen LogP contribution in [0.15, 0.2) is 48.6 Å². The maximum atomic E-state index is 13.8. The molecule has 7 rings (SSSR count). The maximum Gasteiger partial charge on any atom is 0.259 e. The number of carbonyl (C=O) groups excluding carboxylic acids is 3. The zero-order chi connectivity index (χ0) is 23.9. The van der Waals surface area contributed by atoms with E-state index in [0.29, 0.717) is 28.1 Å². The monoisotopic (exact) mass is 494 g/mol. The van der Waals surface area contributed by atoms with Crippen molar-refractivity contribution in [3.8, 4) is 0 Å². The van der Waals surface area contributed by atoms with Crippen molar-refractivity contribution in [3.05, 3.63) is 75.3 Å². The van der Waals surface area contributed by atoms with E-state index in [1.165, 1.54) is 15.9 Å². The number of benzene rings is 2. The first-order valence-electron chi connectivity index (χ1n) is 11.6. The number of rotatable bonds is 4. The summed E-state index contributed by atoms with van der Waals surface area (Å²) in [6.45, 7) is 3.72. The number of nitrogens with zero attached hydrogens (tertiary/aromatic N) is 2. The van der Waals surface area contributed by atoms with Crippen molar-refractivity contribution >= 4 is 46.6 Å². The number of likely N-dealkylation sites (tertiary alicyclic amines) is 1. The minimum atomic E-state index is -0.338. The standard InChI is InChI=1S/C27H24Cl2N2O3/c1-13-4-3-5-14(2)24(13)30(25(32)15-6-9-20(28)21(29)10-15)12-31-26(33)22-16-7-8-17(19-11-18(16)19)23(22)27(31)34/h3-10,16-19,22-23H,11-12H2,1-2H3. The number of allylic oxidation sites excluding steroid dienone is 2. The number of para-hydroxylation sites is 1. The van der Waals surface area contributed by atoms with Crippen molar-refractivity contribution in [2.45, 2.75) is 20.3 Å². The van der Waals surface area contributed by atoms with Crippen molar-refractivity contribution in [2.24, 2.45) is 35.5 Å². The van der Waals surface area contributed by atoms with Crippen LogP contribution in [0.2, 0.25) is 10.0 Å². The summed E-state index contributed by atoms with van der Waals surface area (Å²) in [6, 6.07) is 10.5. The maximum absolute atomic E-state index is 13.8. The van der Waals surface area contributed by atoms with Crippen LogP contribution in [0.1, 0.15) is 27.9 Å². The fourth-order valence-corrected chi connectivity index (χ4v) is 6.85. The fourth-order valence-electron chi connectivity index (χ4n) is 6.55. The lowest BCUT2D eigenvalue weighted by Crippen LogP contribution is -2.45. The van der Waals surface area contributed by atoms with Gasteiger partial charge >= 0.3 is 0 Å². The molecule has 0 radical (unpaired) electrons. The predicted octanol–water partition coefficient (Wildman–Crippen LogP) is 5.27. The molecule has 174 valence electrons. The molecule has 34 heavy (non-hydrogen) atoms. The number of aryl methyl sites for hydroxylation is 2.